The van der Waals surface area contributed by atoms with E-state index in [1.807, 2.05) is 30.3 Å². The summed E-state index contributed by atoms with van der Waals surface area (Å²) in [6.45, 7) is 7.67. The monoisotopic (exact) mass is 420 g/mol. The molecule has 2 aromatic carbocycles. The highest BCUT2D eigenvalue weighted by Gasteiger charge is 2.42. The highest BCUT2D eigenvalue weighted by Crippen LogP contribution is 2.38. The Balaban J connectivity index is 1.79. The molecule has 1 amide bonds. The Hall–Kier alpha value is -3.12. The highest BCUT2D eigenvalue weighted by atomic mass is 16.5. The van der Waals surface area contributed by atoms with Crippen LogP contribution in [-0.2, 0) is 0 Å². The van der Waals surface area contributed by atoms with E-state index in [2.05, 4.69) is 18.7 Å². The Morgan fingerprint density at radius 2 is 1.81 bits per heavy atom. The molecule has 2 heterocycles. The number of carbonyl (C=O) groups is 1. The van der Waals surface area contributed by atoms with Gasteiger partial charge in [-0.25, -0.2) is 0 Å². The second-order valence-electron chi connectivity index (χ2n) is 7.73. The van der Waals surface area contributed by atoms with Gasteiger partial charge >= 0.3 is 0 Å². The molecule has 0 radical (unpaired) electrons. The van der Waals surface area contributed by atoms with Crippen molar-refractivity contribution < 1.29 is 13.9 Å². The summed E-state index contributed by atoms with van der Waals surface area (Å²) in [4.78, 5) is 31.0. The molecule has 1 atom stereocenters. The van der Waals surface area contributed by atoms with Gasteiger partial charge in [-0.3, -0.25) is 9.59 Å². The summed E-state index contributed by atoms with van der Waals surface area (Å²) in [6, 6.07) is 14.4. The van der Waals surface area contributed by atoms with Crippen LogP contribution in [0.1, 0.15) is 48.0 Å². The normalized spacial score (nSPS) is 15.7. The van der Waals surface area contributed by atoms with Gasteiger partial charge < -0.3 is 19.0 Å². The van der Waals surface area contributed by atoms with Crippen molar-refractivity contribution in [2.24, 2.45) is 0 Å². The summed E-state index contributed by atoms with van der Waals surface area (Å²) in [7, 11) is 1.56. The van der Waals surface area contributed by atoms with E-state index in [0.717, 1.165) is 31.6 Å². The Bertz CT molecular complexity index is 1140. The minimum Gasteiger partial charge on any atom is -0.497 e. The third-order valence-corrected chi connectivity index (χ3v) is 6.06. The van der Waals surface area contributed by atoms with E-state index in [-0.39, 0.29) is 17.1 Å². The number of rotatable bonds is 8. The first kappa shape index (κ1) is 21.1. The second-order valence-corrected chi connectivity index (χ2v) is 7.73. The molecule has 162 valence electrons. The number of carbonyl (C=O) groups excluding carboxylic acids is 1. The van der Waals surface area contributed by atoms with E-state index in [9.17, 15) is 9.59 Å². The topological polar surface area (TPSA) is 63.0 Å². The van der Waals surface area contributed by atoms with Crippen molar-refractivity contribution in [1.29, 1.82) is 0 Å². The maximum atomic E-state index is 13.5. The zero-order valence-corrected chi connectivity index (χ0v) is 18.3. The van der Waals surface area contributed by atoms with Gasteiger partial charge in [0.15, 0.2) is 5.43 Å². The molecule has 6 heteroatoms. The summed E-state index contributed by atoms with van der Waals surface area (Å²) < 4.78 is 11.3. The average molecular weight is 421 g/mol. The Morgan fingerprint density at radius 3 is 2.48 bits per heavy atom. The molecule has 0 aliphatic carbocycles. The third-order valence-electron chi connectivity index (χ3n) is 6.06. The molecule has 0 saturated carbocycles. The predicted octanol–water partition coefficient (Wildman–Crippen LogP) is 4.08. The molecule has 0 spiro atoms. The molecule has 0 fully saturated rings. The number of hydrogen-bond donors (Lipinski definition) is 0. The first-order valence-corrected chi connectivity index (χ1v) is 10.8. The SMILES string of the molecule is CCN(CC)CCCN1C(=O)c2oc3cc(OC)ccc3c(=O)c2C1c1ccccc1. The van der Waals surface area contributed by atoms with Crippen LogP contribution in [-0.4, -0.2) is 49.0 Å². The van der Waals surface area contributed by atoms with Gasteiger partial charge in [-0.2, -0.15) is 0 Å². The van der Waals surface area contributed by atoms with Gasteiger partial charge in [0.05, 0.1) is 24.1 Å². The number of amides is 1. The first-order valence-electron chi connectivity index (χ1n) is 10.8. The van der Waals surface area contributed by atoms with Crippen LogP contribution in [0, 0.1) is 0 Å². The summed E-state index contributed by atoms with van der Waals surface area (Å²) >= 11 is 0. The van der Waals surface area contributed by atoms with E-state index in [1.54, 1.807) is 30.2 Å². The van der Waals surface area contributed by atoms with Crippen molar-refractivity contribution in [3.05, 3.63) is 75.6 Å². The summed E-state index contributed by atoms with van der Waals surface area (Å²) in [5.41, 5.74) is 1.55. The number of fused-ring (bicyclic) bond motifs is 2. The van der Waals surface area contributed by atoms with Crippen molar-refractivity contribution in [3.8, 4) is 5.75 Å². The summed E-state index contributed by atoms with van der Waals surface area (Å²) in [6.07, 6.45) is 0.826. The summed E-state index contributed by atoms with van der Waals surface area (Å²) in [5.74, 6) is 0.490. The van der Waals surface area contributed by atoms with Crippen LogP contribution in [0.25, 0.3) is 11.0 Å². The molecular weight excluding hydrogens is 392 g/mol. The molecule has 0 N–H and O–H groups in total. The van der Waals surface area contributed by atoms with Crippen LogP contribution in [0.3, 0.4) is 0 Å². The van der Waals surface area contributed by atoms with E-state index in [1.165, 1.54) is 0 Å². The maximum Gasteiger partial charge on any atom is 0.290 e. The van der Waals surface area contributed by atoms with Gasteiger partial charge in [0, 0.05) is 12.6 Å². The van der Waals surface area contributed by atoms with Gasteiger partial charge in [-0.1, -0.05) is 44.2 Å². The van der Waals surface area contributed by atoms with Gasteiger partial charge in [0.1, 0.15) is 11.3 Å². The van der Waals surface area contributed by atoms with Crippen molar-refractivity contribution in [2.45, 2.75) is 26.3 Å². The molecule has 4 rings (SSSR count). The molecule has 1 aromatic heterocycles. The molecule has 6 nitrogen and oxygen atoms in total. The minimum atomic E-state index is -0.442. The lowest BCUT2D eigenvalue weighted by atomic mass is 9.98. The number of benzene rings is 2. The van der Waals surface area contributed by atoms with Crippen LogP contribution >= 0.6 is 0 Å². The lowest BCUT2D eigenvalue weighted by Gasteiger charge is -2.26. The largest absolute Gasteiger partial charge is 0.497 e. The van der Waals surface area contributed by atoms with E-state index in [0.29, 0.717) is 28.8 Å². The van der Waals surface area contributed by atoms with Crippen LogP contribution < -0.4 is 10.2 Å². The van der Waals surface area contributed by atoms with E-state index >= 15 is 0 Å². The van der Waals surface area contributed by atoms with Gasteiger partial charge in [0.2, 0.25) is 5.76 Å². The van der Waals surface area contributed by atoms with Crippen LogP contribution in [0.2, 0.25) is 0 Å². The molecule has 1 aliphatic heterocycles. The molecule has 0 saturated heterocycles. The van der Waals surface area contributed by atoms with E-state index < -0.39 is 6.04 Å². The van der Waals surface area contributed by atoms with Crippen LogP contribution in [0.5, 0.6) is 5.75 Å². The van der Waals surface area contributed by atoms with Crippen molar-refractivity contribution in [1.82, 2.24) is 9.80 Å². The molecular formula is C25H28N2O4. The number of nitrogens with zero attached hydrogens (tertiary/aromatic N) is 2. The smallest absolute Gasteiger partial charge is 0.290 e. The zero-order chi connectivity index (χ0) is 22.0. The molecule has 0 bridgehead atoms. The van der Waals surface area contributed by atoms with Crippen molar-refractivity contribution in [2.75, 3.05) is 33.3 Å². The quantitative estimate of drug-likeness (QED) is 0.550. The second kappa shape index (κ2) is 8.94. The molecule has 3 aromatic rings. The maximum absolute atomic E-state index is 13.5. The Kier molecular flexibility index (Phi) is 6.09. The number of methoxy groups -OCH3 is 1. The molecule has 31 heavy (non-hydrogen) atoms. The van der Waals surface area contributed by atoms with Crippen LogP contribution in [0.4, 0.5) is 0 Å². The predicted molar refractivity (Wildman–Crippen MR) is 121 cm³/mol. The van der Waals surface area contributed by atoms with Gasteiger partial charge in [0.25, 0.3) is 5.91 Å². The minimum absolute atomic E-state index is 0.141. The lowest BCUT2D eigenvalue weighted by molar-refractivity contribution is 0.0720. The Labute approximate surface area is 182 Å². The lowest BCUT2D eigenvalue weighted by Crippen LogP contribution is -2.33. The number of hydrogen-bond acceptors (Lipinski definition) is 5. The van der Waals surface area contributed by atoms with Gasteiger partial charge in [-0.15, -0.1) is 0 Å². The first-order chi connectivity index (χ1) is 15.1. The fourth-order valence-electron chi connectivity index (χ4n) is 4.34. The summed E-state index contributed by atoms with van der Waals surface area (Å²) in [5, 5.41) is 0.457. The molecule has 1 aliphatic rings. The molecule has 1 unspecified atom stereocenters. The number of ether oxygens (including phenoxy) is 1. The fraction of sp³-hybridized carbons (Fsp3) is 0.360. The van der Waals surface area contributed by atoms with Crippen LogP contribution in [0.15, 0.2) is 57.7 Å². The highest BCUT2D eigenvalue weighted by molar-refractivity contribution is 5.99. The Morgan fingerprint density at radius 1 is 1.06 bits per heavy atom. The standard InChI is InChI=1S/C25H28N2O4/c1-4-26(5-2)14-9-15-27-22(17-10-7-6-8-11-17)21-23(28)19-13-12-18(30-3)16-20(19)31-24(21)25(27)29/h6-8,10-13,16,22H,4-5,9,14-15H2,1-3H3. The average Bonchev–Trinajstić information content (AvgIpc) is 3.09. The van der Waals surface area contributed by atoms with E-state index in [4.69, 9.17) is 9.15 Å². The van der Waals surface area contributed by atoms with Crippen molar-refractivity contribution in [3.63, 3.8) is 0 Å². The zero-order valence-electron chi connectivity index (χ0n) is 18.3. The van der Waals surface area contributed by atoms with Crippen molar-refractivity contribution >= 4 is 16.9 Å². The van der Waals surface area contributed by atoms with Gasteiger partial charge in [-0.05, 0) is 43.8 Å². The fourth-order valence-corrected chi connectivity index (χ4v) is 4.34. The third kappa shape index (κ3) is 3.83.